The minimum absolute atomic E-state index is 0.0720. The van der Waals surface area contributed by atoms with E-state index in [0.29, 0.717) is 11.6 Å². The van der Waals surface area contributed by atoms with E-state index in [1.165, 1.54) is 11.3 Å². The van der Waals surface area contributed by atoms with Gasteiger partial charge in [-0.3, -0.25) is 4.79 Å². The standard InChI is InChI=1S/C16H14N2O2S2/c1-20-12-6-4-11(5-7-12)9-15(19)18-16-17-13(10-22-16)14-3-2-8-21-14/h2-8,10H,9H2,1H3,(H,17,18,19). The fourth-order valence-electron chi connectivity index (χ4n) is 1.96. The molecule has 0 spiro atoms. The van der Waals surface area contributed by atoms with Crippen LogP contribution in [0.3, 0.4) is 0 Å². The Morgan fingerprint density at radius 3 is 2.73 bits per heavy atom. The minimum atomic E-state index is -0.0720. The monoisotopic (exact) mass is 330 g/mol. The zero-order chi connectivity index (χ0) is 15.4. The number of methoxy groups -OCH3 is 1. The number of nitrogens with zero attached hydrogens (tertiary/aromatic N) is 1. The third-order valence-corrected chi connectivity index (χ3v) is 4.70. The number of nitrogens with one attached hydrogen (secondary N) is 1. The van der Waals surface area contributed by atoms with Gasteiger partial charge in [-0.2, -0.15) is 0 Å². The van der Waals surface area contributed by atoms with Crippen LogP contribution in [0.2, 0.25) is 0 Å². The molecule has 0 radical (unpaired) electrons. The lowest BCUT2D eigenvalue weighted by atomic mass is 10.1. The zero-order valence-corrected chi connectivity index (χ0v) is 13.5. The number of carbonyl (C=O) groups is 1. The lowest BCUT2D eigenvalue weighted by Crippen LogP contribution is -2.14. The van der Waals surface area contributed by atoms with E-state index in [2.05, 4.69) is 10.3 Å². The molecule has 0 unspecified atom stereocenters. The van der Waals surface area contributed by atoms with Gasteiger partial charge >= 0.3 is 0 Å². The van der Waals surface area contributed by atoms with Gasteiger partial charge < -0.3 is 10.1 Å². The first-order valence-corrected chi connectivity index (χ1v) is 8.43. The zero-order valence-electron chi connectivity index (χ0n) is 11.9. The Kier molecular flexibility index (Phi) is 4.50. The highest BCUT2D eigenvalue weighted by Gasteiger charge is 2.09. The number of benzene rings is 1. The second kappa shape index (κ2) is 6.72. The van der Waals surface area contributed by atoms with E-state index >= 15 is 0 Å². The van der Waals surface area contributed by atoms with Crippen LogP contribution in [-0.4, -0.2) is 18.0 Å². The van der Waals surface area contributed by atoms with Crippen molar-refractivity contribution >= 4 is 33.7 Å². The number of hydrogen-bond donors (Lipinski definition) is 1. The number of amides is 1. The van der Waals surface area contributed by atoms with Crippen molar-refractivity contribution in [2.75, 3.05) is 12.4 Å². The molecule has 22 heavy (non-hydrogen) atoms. The van der Waals surface area contributed by atoms with Crippen LogP contribution in [0.25, 0.3) is 10.6 Å². The number of thiazole rings is 1. The maximum atomic E-state index is 12.1. The molecule has 0 aliphatic heterocycles. The van der Waals surface area contributed by atoms with E-state index in [9.17, 15) is 4.79 Å². The van der Waals surface area contributed by atoms with Gasteiger partial charge in [-0.15, -0.1) is 22.7 Å². The van der Waals surface area contributed by atoms with Gasteiger partial charge in [-0.25, -0.2) is 4.98 Å². The highest BCUT2D eigenvalue weighted by molar-refractivity contribution is 7.16. The van der Waals surface area contributed by atoms with Gasteiger partial charge in [0.1, 0.15) is 5.75 Å². The molecule has 112 valence electrons. The van der Waals surface area contributed by atoms with Crippen molar-refractivity contribution in [2.45, 2.75) is 6.42 Å². The smallest absolute Gasteiger partial charge is 0.230 e. The van der Waals surface area contributed by atoms with E-state index in [-0.39, 0.29) is 5.91 Å². The lowest BCUT2D eigenvalue weighted by Gasteiger charge is -2.03. The summed E-state index contributed by atoms with van der Waals surface area (Å²) in [6, 6.07) is 11.5. The molecule has 4 nitrogen and oxygen atoms in total. The molecule has 0 bridgehead atoms. The molecule has 0 aliphatic rings. The number of ether oxygens (including phenoxy) is 1. The molecule has 1 amide bonds. The largest absolute Gasteiger partial charge is 0.497 e. The Morgan fingerprint density at radius 2 is 2.05 bits per heavy atom. The Morgan fingerprint density at radius 1 is 1.23 bits per heavy atom. The molecule has 0 atom stereocenters. The summed E-state index contributed by atoms with van der Waals surface area (Å²) >= 11 is 3.07. The summed E-state index contributed by atoms with van der Waals surface area (Å²) in [4.78, 5) is 17.6. The number of rotatable bonds is 5. The van der Waals surface area contributed by atoms with Crippen molar-refractivity contribution in [3.05, 3.63) is 52.7 Å². The molecule has 0 saturated heterocycles. The molecule has 6 heteroatoms. The van der Waals surface area contributed by atoms with Crippen molar-refractivity contribution in [3.8, 4) is 16.3 Å². The van der Waals surface area contributed by atoms with Crippen LogP contribution in [0.1, 0.15) is 5.56 Å². The topological polar surface area (TPSA) is 51.2 Å². The molecular weight excluding hydrogens is 316 g/mol. The fourth-order valence-corrected chi connectivity index (χ4v) is 3.45. The van der Waals surface area contributed by atoms with Crippen LogP contribution < -0.4 is 10.1 Å². The molecule has 1 aromatic carbocycles. The van der Waals surface area contributed by atoms with E-state index in [4.69, 9.17) is 4.74 Å². The Balaban J connectivity index is 1.61. The van der Waals surface area contributed by atoms with Gasteiger partial charge in [0.15, 0.2) is 5.13 Å². The van der Waals surface area contributed by atoms with Gasteiger partial charge in [-0.05, 0) is 29.1 Å². The molecule has 2 heterocycles. The second-order valence-electron chi connectivity index (χ2n) is 4.59. The molecule has 1 N–H and O–H groups in total. The lowest BCUT2D eigenvalue weighted by molar-refractivity contribution is -0.115. The van der Waals surface area contributed by atoms with Crippen LogP contribution in [0, 0.1) is 0 Å². The molecule has 0 saturated carbocycles. The third-order valence-electron chi connectivity index (χ3n) is 3.05. The van der Waals surface area contributed by atoms with Gasteiger partial charge in [0.25, 0.3) is 0 Å². The highest BCUT2D eigenvalue weighted by atomic mass is 32.1. The Labute approximate surface area is 136 Å². The van der Waals surface area contributed by atoms with Crippen LogP contribution in [-0.2, 0) is 11.2 Å². The van der Waals surface area contributed by atoms with Gasteiger partial charge in [0.05, 0.1) is 24.1 Å². The minimum Gasteiger partial charge on any atom is -0.497 e. The van der Waals surface area contributed by atoms with E-state index in [0.717, 1.165) is 21.9 Å². The first-order valence-electron chi connectivity index (χ1n) is 6.67. The molecule has 0 fully saturated rings. The van der Waals surface area contributed by atoms with Crippen molar-refractivity contribution in [1.82, 2.24) is 4.98 Å². The molecule has 3 rings (SSSR count). The summed E-state index contributed by atoms with van der Waals surface area (Å²) < 4.78 is 5.10. The summed E-state index contributed by atoms with van der Waals surface area (Å²) in [7, 11) is 1.62. The predicted octanol–water partition coefficient (Wildman–Crippen LogP) is 4.06. The van der Waals surface area contributed by atoms with Crippen molar-refractivity contribution in [2.24, 2.45) is 0 Å². The summed E-state index contributed by atoms with van der Waals surface area (Å²) in [5, 5.41) is 7.43. The number of anilines is 1. The summed E-state index contributed by atoms with van der Waals surface area (Å²) in [6.07, 6.45) is 0.317. The second-order valence-corrected chi connectivity index (χ2v) is 6.39. The maximum absolute atomic E-state index is 12.1. The quantitative estimate of drug-likeness (QED) is 0.767. The van der Waals surface area contributed by atoms with Crippen molar-refractivity contribution in [3.63, 3.8) is 0 Å². The maximum Gasteiger partial charge on any atom is 0.230 e. The van der Waals surface area contributed by atoms with Gasteiger partial charge in [0.2, 0.25) is 5.91 Å². The first-order chi connectivity index (χ1) is 10.7. The number of carbonyl (C=O) groups excluding carboxylic acids is 1. The van der Waals surface area contributed by atoms with Gasteiger partial charge in [-0.1, -0.05) is 18.2 Å². The molecule has 2 aromatic heterocycles. The average molecular weight is 330 g/mol. The van der Waals surface area contributed by atoms with Crippen LogP contribution in [0.4, 0.5) is 5.13 Å². The number of aromatic nitrogens is 1. The van der Waals surface area contributed by atoms with E-state index in [1.807, 2.05) is 47.2 Å². The SMILES string of the molecule is COc1ccc(CC(=O)Nc2nc(-c3cccs3)cs2)cc1. The predicted molar refractivity (Wildman–Crippen MR) is 90.8 cm³/mol. The number of thiophene rings is 1. The molecular formula is C16H14N2O2S2. The molecule has 0 aliphatic carbocycles. The fraction of sp³-hybridized carbons (Fsp3) is 0.125. The normalized spacial score (nSPS) is 10.4. The summed E-state index contributed by atoms with van der Waals surface area (Å²) in [6.45, 7) is 0. The van der Waals surface area contributed by atoms with Crippen molar-refractivity contribution < 1.29 is 9.53 Å². The van der Waals surface area contributed by atoms with Gasteiger partial charge in [0, 0.05) is 5.38 Å². The molecule has 3 aromatic rings. The van der Waals surface area contributed by atoms with Crippen molar-refractivity contribution in [1.29, 1.82) is 0 Å². The van der Waals surface area contributed by atoms with E-state index in [1.54, 1.807) is 18.4 Å². The summed E-state index contributed by atoms with van der Waals surface area (Å²) in [5.74, 6) is 0.710. The number of hydrogen-bond acceptors (Lipinski definition) is 5. The highest BCUT2D eigenvalue weighted by Crippen LogP contribution is 2.28. The Bertz CT molecular complexity index is 749. The van der Waals surface area contributed by atoms with Crippen LogP contribution in [0.15, 0.2) is 47.2 Å². The third kappa shape index (κ3) is 3.52. The first kappa shape index (κ1) is 14.7. The van der Waals surface area contributed by atoms with Crippen LogP contribution in [0.5, 0.6) is 5.75 Å². The summed E-state index contributed by atoms with van der Waals surface area (Å²) in [5.41, 5.74) is 1.84. The van der Waals surface area contributed by atoms with Crippen LogP contribution >= 0.6 is 22.7 Å². The Hall–Kier alpha value is -2.18. The van der Waals surface area contributed by atoms with E-state index < -0.39 is 0 Å². The average Bonchev–Trinajstić information content (AvgIpc) is 3.19.